The van der Waals surface area contributed by atoms with Crippen molar-refractivity contribution in [2.24, 2.45) is 5.92 Å². The zero-order valence-corrected chi connectivity index (χ0v) is 14.4. The van der Waals surface area contributed by atoms with Gasteiger partial charge in [-0.3, -0.25) is 4.79 Å². The van der Waals surface area contributed by atoms with Gasteiger partial charge >= 0.3 is 0 Å². The van der Waals surface area contributed by atoms with E-state index in [2.05, 4.69) is 41.5 Å². The maximum absolute atomic E-state index is 11.9. The van der Waals surface area contributed by atoms with Crippen molar-refractivity contribution in [3.05, 3.63) is 35.9 Å². The van der Waals surface area contributed by atoms with Crippen molar-refractivity contribution in [2.45, 2.75) is 31.4 Å². The molecule has 1 aliphatic heterocycles. The molecule has 0 radical (unpaired) electrons. The lowest BCUT2D eigenvalue weighted by molar-refractivity contribution is -0.122. The van der Waals surface area contributed by atoms with Crippen LogP contribution in [0.5, 0.6) is 0 Å². The van der Waals surface area contributed by atoms with Gasteiger partial charge in [0.25, 0.3) is 0 Å². The van der Waals surface area contributed by atoms with E-state index in [0.717, 1.165) is 50.4 Å². The van der Waals surface area contributed by atoms with E-state index in [0.29, 0.717) is 12.3 Å². The number of nitrogens with zero attached hydrogens (tertiary/aromatic N) is 1. The average molecular weight is 321 g/mol. The molecule has 122 valence electrons. The van der Waals surface area contributed by atoms with E-state index in [-0.39, 0.29) is 5.91 Å². The molecule has 1 saturated heterocycles. The van der Waals surface area contributed by atoms with Gasteiger partial charge in [0, 0.05) is 18.7 Å². The molecule has 2 rings (SSSR count). The molecule has 1 aromatic carbocycles. The van der Waals surface area contributed by atoms with E-state index in [1.54, 1.807) is 0 Å². The van der Waals surface area contributed by atoms with Crippen LogP contribution >= 0.6 is 11.8 Å². The Balaban J connectivity index is 1.47. The molecule has 22 heavy (non-hydrogen) atoms. The number of nitrogens with one attached hydrogen (secondary N) is 1. The first-order valence-electron chi connectivity index (χ1n) is 8.31. The Morgan fingerprint density at radius 3 is 2.73 bits per heavy atom. The number of hydrogen-bond acceptors (Lipinski definition) is 3. The van der Waals surface area contributed by atoms with Crippen molar-refractivity contribution in [3.8, 4) is 0 Å². The lowest BCUT2D eigenvalue weighted by Crippen LogP contribution is -2.33. The summed E-state index contributed by atoms with van der Waals surface area (Å²) >= 11 is 1.94. The predicted molar refractivity (Wildman–Crippen MR) is 95.1 cm³/mol. The van der Waals surface area contributed by atoms with Gasteiger partial charge in [-0.2, -0.15) is 11.8 Å². The van der Waals surface area contributed by atoms with Crippen LogP contribution in [0.4, 0.5) is 0 Å². The van der Waals surface area contributed by atoms with Crippen molar-refractivity contribution in [3.63, 3.8) is 0 Å². The molecule has 1 aliphatic rings. The summed E-state index contributed by atoms with van der Waals surface area (Å²) in [5, 5.41) is 3.07. The predicted octanol–water partition coefficient (Wildman–Crippen LogP) is 3.16. The first-order chi connectivity index (χ1) is 10.7. The number of thioether (sulfide) groups is 1. The van der Waals surface area contributed by atoms with Crippen molar-refractivity contribution < 1.29 is 4.79 Å². The van der Waals surface area contributed by atoms with Crippen molar-refractivity contribution in [1.29, 1.82) is 0 Å². The summed E-state index contributed by atoms with van der Waals surface area (Å²) in [4.78, 5) is 14.3. The Kier molecular flexibility index (Phi) is 7.81. The number of carbonyl (C=O) groups is 1. The summed E-state index contributed by atoms with van der Waals surface area (Å²) in [7, 11) is 2.16. The van der Waals surface area contributed by atoms with Crippen molar-refractivity contribution >= 4 is 17.7 Å². The molecule has 1 fully saturated rings. The number of piperidine rings is 1. The molecule has 4 heteroatoms. The topological polar surface area (TPSA) is 32.3 Å². The Morgan fingerprint density at radius 1 is 1.27 bits per heavy atom. The van der Waals surface area contributed by atoms with Gasteiger partial charge in [-0.15, -0.1) is 0 Å². The van der Waals surface area contributed by atoms with Crippen LogP contribution in [0.15, 0.2) is 30.3 Å². The SMILES string of the molecule is CN1CCC(CC(=O)NCCCSCc2ccccc2)CC1. The molecular weight excluding hydrogens is 292 g/mol. The van der Waals surface area contributed by atoms with Crippen LogP contribution in [-0.2, 0) is 10.5 Å². The van der Waals surface area contributed by atoms with E-state index >= 15 is 0 Å². The highest BCUT2D eigenvalue weighted by molar-refractivity contribution is 7.98. The van der Waals surface area contributed by atoms with Gasteiger partial charge in [-0.25, -0.2) is 0 Å². The van der Waals surface area contributed by atoms with Crippen LogP contribution in [0.3, 0.4) is 0 Å². The molecular formula is C18H28N2OS. The van der Waals surface area contributed by atoms with Gasteiger partial charge < -0.3 is 10.2 Å². The number of carbonyl (C=O) groups excluding carboxylic acids is 1. The Hall–Kier alpha value is -1.00. The van der Waals surface area contributed by atoms with E-state index in [1.165, 1.54) is 5.56 Å². The number of rotatable bonds is 8. The molecule has 0 bridgehead atoms. The third-order valence-corrected chi connectivity index (χ3v) is 5.33. The number of benzene rings is 1. The maximum Gasteiger partial charge on any atom is 0.220 e. The fraction of sp³-hybridized carbons (Fsp3) is 0.611. The van der Waals surface area contributed by atoms with Crippen LogP contribution in [0, 0.1) is 5.92 Å². The highest BCUT2D eigenvalue weighted by atomic mass is 32.2. The zero-order chi connectivity index (χ0) is 15.6. The van der Waals surface area contributed by atoms with Gasteiger partial charge in [-0.05, 0) is 56.6 Å². The molecule has 0 unspecified atom stereocenters. The van der Waals surface area contributed by atoms with Gasteiger partial charge in [0.2, 0.25) is 5.91 Å². The quantitative estimate of drug-likeness (QED) is 0.747. The molecule has 1 aromatic rings. The summed E-state index contributed by atoms with van der Waals surface area (Å²) in [6, 6.07) is 10.5. The summed E-state index contributed by atoms with van der Waals surface area (Å²) < 4.78 is 0. The minimum absolute atomic E-state index is 0.239. The summed E-state index contributed by atoms with van der Waals surface area (Å²) in [5.41, 5.74) is 1.37. The minimum atomic E-state index is 0.239. The lowest BCUT2D eigenvalue weighted by Gasteiger charge is -2.28. The molecule has 1 amide bonds. The molecule has 0 aromatic heterocycles. The normalized spacial score (nSPS) is 16.6. The third-order valence-electron chi connectivity index (χ3n) is 4.21. The van der Waals surface area contributed by atoms with Crippen LogP contribution < -0.4 is 5.32 Å². The van der Waals surface area contributed by atoms with Crippen LogP contribution in [-0.4, -0.2) is 43.2 Å². The number of amides is 1. The highest BCUT2D eigenvalue weighted by Crippen LogP contribution is 2.19. The van der Waals surface area contributed by atoms with Crippen molar-refractivity contribution in [2.75, 3.05) is 32.4 Å². The maximum atomic E-state index is 11.9. The Bertz CT molecular complexity index is 430. The number of hydrogen-bond donors (Lipinski definition) is 1. The largest absolute Gasteiger partial charge is 0.356 e. The van der Waals surface area contributed by atoms with E-state index in [9.17, 15) is 4.79 Å². The second-order valence-electron chi connectivity index (χ2n) is 6.19. The van der Waals surface area contributed by atoms with Crippen LogP contribution in [0.2, 0.25) is 0 Å². The standard InChI is InChI=1S/C18H28N2OS/c1-20-11-8-16(9-12-20)14-18(21)19-10-5-13-22-15-17-6-3-2-4-7-17/h2-4,6-7,16H,5,8-15H2,1H3,(H,19,21). The molecule has 0 spiro atoms. The summed E-state index contributed by atoms with van der Waals surface area (Å²) in [6.45, 7) is 3.08. The summed E-state index contributed by atoms with van der Waals surface area (Å²) in [5.74, 6) is 2.99. The minimum Gasteiger partial charge on any atom is -0.356 e. The first kappa shape index (κ1) is 17.4. The molecule has 1 heterocycles. The fourth-order valence-electron chi connectivity index (χ4n) is 2.77. The molecule has 1 N–H and O–H groups in total. The molecule has 0 aliphatic carbocycles. The van der Waals surface area contributed by atoms with Gasteiger partial charge in [0.05, 0.1) is 0 Å². The van der Waals surface area contributed by atoms with Gasteiger partial charge in [0.1, 0.15) is 0 Å². The monoisotopic (exact) mass is 320 g/mol. The average Bonchev–Trinajstić information content (AvgIpc) is 2.54. The molecule has 0 atom stereocenters. The third kappa shape index (κ3) is 6.84. The molecule has 0 saturated carbocycles. The Labute approximate surface area is 138 Å². The second-order valence-corrected chi connectivity index (χ2v) is 7.30. The first-order valence-corrected chi connectivity index (χ1v) is 9.46. The second kappa shape index (κ2) is 9.90. The van der Waals surface area contributed by atoms with Crippen LogP contribution in [0.25, 0.3) is 0 Å². The fourth-order valence-corrected chi connectivity index (χ4v) is 3.69. The van der Waals surface area contributed by atoms with E-state index in [4.69, 9.17) is 0 Å². The molecule has 3 nitrogen and oxygen atoms in total. The van der Waals surface area contributed by atoms with E-state index < -0.39 is 0 Å². The van der Waals surface area contributed by atoms with Gasteiger partial charge in [0.15, 0.2) is 0 Å². The van der Waals surface area contributed by atoms with Crippen molar-refractivity contribution in [1.82, 2.24) is 10.2 Å². The lowest BCUT2D eigenvalue weighted by atomic mass is 9.93. The van der Waals surface area contributed by atoms with E-state index in [1.807, 2.05) is 17.8 Å². The van der Waals surface area contributed by atoms with Gasteiger partial charge in [-0.1, -0.05) is 30.3 Å². The van der Waals surface area contributed by atoms with Crippen LogP contribution in [0.1, 0.15) is 31.2 Å². The zero-order valence-electron chi connectivity index (χ0n) is 13.6. The highest BCUT2D eigenvalue weighted by Gasteiger charge is 2.19. The summed E-state index contributed by atoms with van der Waals surface area (Å²) in [6.07, 6.45) is 4.09. The Morgan fingerprint density at radius 2 is 2.00 bits per heavy atom. The number of likely N-dealkylation sites (tertiary alicyclic amines) is 1. The smallest absolute Gasteiger partial charge is 0.220 e.